The van der Waals surface area contributed by atoms with E-state index in [0.717, 1.165) is 5.56 Å². The van der Waals surface area contributed by atoms with Crippen molar-refractivity contribution in [3.63, 3.8) is 0 Å². The van der Waals surface area contributed by atoms with Gasteiger partial charge in [-0.3, -0.25) is 25.7 Å². The average molecular weight is 316 g/mol. The molecule has 23 heavy (non-hydrogen) atoms. The molecule has 0 spiro atoms. The maximum absolute atomic E-state index is 11.8. The molecule has 1 aromatic carbocycles. The van der Waals surface area contributed by atoms with Crippen LogP contribution in [-0.4, -0.2) is 26.8 Å². The molecule has 3 aliphatic rings. The summed E-state index contributed by atoms with van der Waals surface area (Å²) in [5.41, 5.74) is 2.97. The first-order valence-corrected chi connectivity index (χ1v) is 7.08. The second-order valence-corrected chi connectivity index (χ2v) is 5.93. The van der Waals surface area contributed by atoms with Gasteiger partial charge in [0.1, 0.15) is 5.70 Å². The lowest BCUT2D eigenvalue weighted by Crippen LogP contribution is -2.51. The Morgan fingerprint density at radius 3 is 2.78 bits per heavy atom. The second kappa shape index (κ2) is 4.13. The van der Waals surface area contributed by atoms with Gasteiger partial charge in [0.05, 0.1) is 10.6 Å². The van der Waals surface area contributed by atoms with E-state index in [9.17, 15) is 25.3 Å². The predicted molar refractivity (Wildman–Crippen MR) is 78.7 cm³/mol. The highest BCUT2D eigenvalue weighted by Crippen LogP contribution is 2.52. The van der Waals surface area contributed by atoms with Crippen LogP contribution in [0.4, 0.5) is 0 Å². The number of aliphatic hydroxyl groups excluding tert-OH is 1. The Morgan fingerprint density at radius 2 is 2.13 bits per heavy atom. The van der Waals surface area contributed by atoms with Crippen molar-refractivity contribution < 1.29 is 15.0 Å². The van der Waals surface area contributed by atoms with Crippen LogP contribution in [0.1, 0.15) is 35.6 Å². The molecule has 118 valence electrons. The lowest BCUT2D eigenvalue weighted by molar-refractivity contribution is -0.598. The van der Waals surface area contributed by atoms with Crippen molar-refractivity contribution in [1.82, 2.24) is 5.43 Å². The molecule has 2 N–H and O–H groups in total. The van der Waals surface area contributed by atoms with Gasteiger partial charge in [0.2, 0.25) is 6.10 Å². The summed E-state index contributed by atoms with van der Waals surface area (Å²) < 4.78 is 0. The summed E-state index contributed by atoms with van der Waals surface area (Å²) in [5, 5.41) is 37.9. The standard InChI is InChI=1S/C14H12N4O5/c1-6-8-3-2-7-4-5-14(18(22)23)10(7)9(8)11(16-15-6)12(13(14)19)17(20)21/h2-3,13,16,19H,4-5H2,1H3. The minimum atomic E-state index is -1.87. The number of hydrogen-bond donors (Lipinski definition) is 2. The van der Waals surface area contributed by atoms with E-state index < -0.39 is 27.2 Å². The van der Waals surface area contributed by atoms with E-state index in [4.69, 9.17) is 0 Å². The van der Waals surface area contributed by atoms with Gasteiger partial charge in [-0.1, -0.05) is 12.1 Å². The summed E-state index contributed by atoms with van der Waals surface area (Å²) in [6.07, 6.45) is -1.39. The van der Waals surface area contributed by atoms with Crippen molar-refractivity contribution in [2.24, 2.45) is 5.10 Å². The van der Waals surface area contributed by atoms with E-state index in [2.05, 4.69) is 10.5 Å². The zero-order valence-corrected chi connectivity index (χ0v) is 12.1. The monoisotopic (exact) mass is 316 g/mol. The summed E-state index contributed by atoms with van der Waals surface area (Å²) in [6.45, 7) is 1.72. The van der Waals surface area contributed by atoms with Gasteiger partial charge in [-0.25, -0.2) is 0 Å². The quantitative estimate of drug-likeness (QED) is 0.611. The highest BCUT2D eigenvalue weighted by Gasteiger charge is 2.65. The van der Waals surface area contributed by atoms with E-state index >= 15 is 0 Å². The van der Waals surface area contributed by atoms with Crippen molar-refractivity contribution in [3.05, 3.63) is 60.3 Å². The molecule has 1 heterocycles. The van der Waals surface area contributed by atoms with Crippen LogP contribution in [0.25, 0.3) is 5.70 Å². The maximum atomic E-state index is 11.8. The summed E-state index contributed by atoms with van der Waals surface area (Å²) in [4.78, 5) is 22.0. The molecule has 9 nitrogen and oxygen atoms in total. The molecule has 0 fully saturated rings. The summed E-state index contributed by atoms with van der Waals surface area (Å²) >= 11 is 0. The third-order valence-corrected chi connectivity index (χ3v) is 4.97. The van der Waals surface area contributed by atoms with Gasteiger partial charge in [0.25, 0.3) is 5.54 Å². The first-order chi connectivity index (χ1) is 10.9. The Labute approximate surface area is 129 Å². The molecule has 0 bridgehead atoms. The fourth-order valence-electron chi connectivity index (χ4n) is 3.91. The number of benzene rings is 1. The third-order valence-electron chi connectivity index (χ3n) is 4.97. The average Bonchev–Trinajstić information content (AvgIpc) is 2.90. The Bertz CT molecular complexity index is 859. The van der Waals surface area contributed by atoms with Crippen molar-refractivity contribution >= 4 is 11.4 Å². The maximum Gasteiger partial charge on any atom is 0.307 e. The van der Waals surface area contributed by atoms with Gasteiger partial charge >= 0.3 is 5.70 Å². The number of aryl methyl sites for hydroxylation is 1. The minimum Gasteiger partial charge on any atom is -0.376 e. The van der Waals surface area contributed by atoms with Gasteiger partial charge in [-0.05, 0) is 18.9 Å². The van der Waals surface area contributed by atoms with E-state index in [1.807, 2.05) is 0 Å². The number of nitrogens with zero attached hydrogens (tertiary/aromatic N) is 3. The molecule has 1 aliphatic heterocycles. The summed E-state index contributed by atoms with van der Waals surface area (Å²) in [7, 11) is 0. The number of rotatable bonds is 2. The zero-order valence-electron chi connectivity index (χ0n) is 12.1. The third kappa shape index (κ3) is 1.42. The van der Waals surface area contributed by atoms with Gasteiger partial charge in [0.15, 0.2) is 0 Å². The van der Waals surface area contributed by atoms with E-state index in [1.165, 1.54) is 0 Å². The number of hydrogen-bond acceptors (Lipinski definition) is 7. The van der Waals surface area contributed by atoms with Crippen LogP contribution in [0.15, 0.2) is 22.9 Å². The van der Waals surface area contributed by atoms with E-state index in [1.54, 1.807) is 19.1 Å². The van der Waals surface area contributed by atoms with Crippen LogP contribution in [0.2, 0.25) is 0 Å². The topological polar surface area (TPSA) is 131 Å². The van der Waals surface area contributed by atoms with Gasteiger partial charge in [-0.15, -0.1) is 0 Å². The van der Waals surface area contributed by atoms with Gasteiger partial charge in [-0.2, -0.15) is 5.10 Å². The normalized spacial score (nSPS) is 27.2. The lowest BCUT2D eigenvalue weighted by Gasteiger charge is -2.34. The molecular weight excluding hydrogens is 304 g/mol. The zero-order chi connectivity index (χ0) is 16.5. The number of aliphatic hydroxyl groups is 1. The predicted octanol–water partition coefficient (Wildman–Crippen LogP) is 0.752. The Kier molecular flexibility index (Phi) is 2.49. The molecule has 0 radical (unpaired) electrons. The van der Waals surface area contributed by atoms with Crippen LogP contribution in [0.3, 0.4) is 0 Å². The fraction of sp³-hybridized carbons (Fsp3) is 0.357. The summed E-state index contributed by atoms with van der Waals surface area (Å²) in [5.74, 6) is 0. The van der Waals surface area contributed by atoms with Crippen LogP contribution >= 0.6 is 0 Å². The van der Waals surface area contributed by atoms with Crippen molar-refractivity contribution in [3.8, 4) is 0 Å². The number of nitro groups is 2. The highest BCUT2D eigenvalue weighted by atomic mass is 16.6. The molecule has 0 saturated carbocycles. The first kappa shape index (κ1) is 13.8. The number of hydrazone groups is 1. The van der Waals surface area contributed by atoms with Crippen LogP contribution < -0.4 is 5.43 Å². The van der Waals surface area contributed by atoms with Gasteiger partial charge < -0.3 is 5.11 Å². The highest BCUT2D eigenvalue weighted by molar-refractivity contribution is 6.06. The molecular formula is C14H12N4O5. The smallest absolute Gasteiger partial charge is 0.307 e. The lowest BCUT2D eigenvalue weighted by atomic mass is 9.74. The first-order valence-electron chi connectivity index (χ1n) is 7.08. The number of nitrogens with one attached hydrogen (secondary N) is 1. The second-order valence-electron chi connectivity index (χ2n) is 5.93. The Morgan fingerprint density at radius 1 is 1.39 bits per heavy atom. The van der Waals surface area contributed by atoms with Gasteiger partial charge in [0, 0.05) is 28.0 Å². The molecule has 1 aromatic rings. The van der Waals surface area contributed by atoms with Crippen molar-refractivity contribution in [2.45, 2.75) is 31.4 Å². The van der Waals surface area contributed by atoms with E-state index in [0.29, 0.717) is 28.8 Å². The molecule has 2 aliphatic carbocycles. The summed E-state index contributed by atoms with van der Waals surface area (Å²) in [6, 6.07) is 3.56. The SMILES string of the molecule is CC1=NNC2=C([N+](=O)[O-])C(O)C3([N+](=O)[O-])CCc4ccc1c2c43. The van der Waals surface area contributed by atoms with Crippen LogP contribution in [-0.2, 0) is 12.0 Å². The van der Waals surface area contributed by atoms with Crippen molar-refractivity contribution in [2.75, 3.05) is 0 Å². The largest absolute Gasteiger partial charge is 0.376 e. The minimum absolute atomic E-state index is 0.0355. The van der Waals surface area contributed by atoms with E-state index in [-0.39, 0.29) is 12.1 Å². The molecule has 0 saturated heterocycles. The molecule has 0 aromatic heterocycles. The Balaban J connectivity index is 2.19. The van der Waals surface area contributed by atoms with Crippen LogP contribution in [0, 0.1) is 20.2 Å². The molecule has 0 amide bonds. The van der Waals surface area contributed by atoms with Crippen LogP contribution in [0.5, 0.6) is 0 Å². The molecule has 4 rings (SSSR count). The van der Waals surface area contributed by atoms with Crippen molar-refractivity contribution in [1.29, 1.82) is 0 Å². The molecule has 9 heteroatoms. The molecule has 2 atom stereocenters. The fourth-order valence-corrected chi connectivity index (χ4v) is 3.91. The Hall–Kier alpha value is -2.81. The molecule has 2 unspecified atom stereocenters.